The summed E-state index contributed by atoms with van der Waals surface area (Å²) in [6.45, 7) is 7.81. The van der Waals surface area contributed by atoms with Gasteiger partial charge in [0.2, 0.25) is 0 Å². The normalized spacial score (nSPS) is 14.1. The molecule has 0 bridgehead atoms. The van der Waals surface area contributed by atoms with E-state index >= 15 is 0 Å². The summed E-state index contributed by atoms with van der Waals surface area (Å²) in [5.74, 6) is -0.147. The Morgan fingerprint density at radius 2 is 1.76 bits per heavy atom. The largest absolute Gasteiger partial charge is 0.573 e. The smallest absolute Gasteiger partial charge is 0.406 e. The van der Waals surface area contributed by atoms with E-state index < -0.39 is 6.36 Å². The van der Waals surface area contributed by atoms with Crippen molar-refractivity contribution in [1.82, 2.24) is 0 Å². The summed E-state index contributed by atoms with van der Waals surface area (Å²) >= 11 is 0. The van der Waals surface area contributed by atoms with Crippen LogP contribution in [0.5, 0.6) is 5.75 Å². The number of hydrogen-bond acceptors (Lipinski definition) is 2. The van der Waals surface area contributed by atoms with Gasteiger partial charge in [0.1, 0.15) is 5.75 Å². The molecule has 120 valence electrons. The lowest BCUT2D eigenvalue weighted by atomic mass is 9.85. The van der Waals surface area contributed by atoms with Crippen molar-refractivity contribution in [2.24, 2.45) is 5.73 Å². The number of nitrogens with two attached hydrogens (primary N) is 1. The lowest BCUT2D eigenvalue weighted by molar-refractivity contribution is -0.274. The zero-order valence-corrected chi connectivity index (χ0v) is 13.1. The van der Waals surface area contributed by atoms with Crippen LogP contribution >= 0.6 is 0 Å². The monoisotopic (exact) mass is 303 g/mol. The van der Waals surface area contributed by atoms with Gasteiger partial charge in [-0.2, -0.15) is 0 Å². The van der Waals surface area contributed by atoms with E-state index in [0.29, 0.717) is 6.42 Å². The first kappa shape index (κ1) is 17.8. The van der Waals surface area contributed by atoms with Gasteiger partial charge < -0.3 is 10.5 Å². The molecule has 1 aromatic carbocycles. The van der Waals surface area contributed by atoms with Gasteiger partial charge in [0.15, 0.2) is 0 Å². The molecular weight excluding hydrogens is 279 g/mol. The molecule has 2 nitrogen and oxygen atoms in total. The summed E-state index contributed by atoms with van der Waals surface area (Å²) in [7, 11) is 0. The molecule has 0 aliphatic heterocycles. The first-order valence-electron chi connectivity index (χ1n) is 7.13. The molecule has 5 heteroatoms. The number of halogens is 3. The molecule has 0 fully saturated rings. The van der Waals surface area contributed by atoms with Crippen molar-refractivity contribution in [1.29, 1.82) is 0 Å². The second-order valence-corrected chi connectivity index (χ2v) is 6.53. The third-order valence-corrected chi connectivity index (χ3v) is 3.19. The van der Waals surface area contributed by atoms with Gasteiger partial charge in [-0.25, -0.2) is 0 Å². The van der Waals surface area contributed by atoms with Gasteiger partial charge in [-0.1, -0.05) is 26.8 Å². The number of benzene rings is 1. The lowest BCUT2D eigenvalue weighted by Gasteiger charge is -2.22. The molecule has 0 radical (unpaired) electrons. The minimum Gasteiger partial charge on any atom is -0.406 e. The Morgan fingerprint density at radius 3 is 2.24 bits per heavy atom. The Bertz CT molecular complexity index is 462. The van der Waals surface area contributed by atoms with Crippen molar-refractivity contribution in [3.8, 4) is 5.75 Å². The van der Waals surface area contributed by atoms with Crippen LogP contribution in [-0.4, -0.2) is 12.4 Å². The zero-order chi connectivity index (χ0) is 16.3. The van der Waals surface area contributed by atoms with E-state index in [9.17, 15) is 13.2 Å². The van der Waals surface area contributed by atoms with E-state index in [1.165, 1.54) is 12.1 Å². The Labute approximate surface area is 124 Å². The van der Waals surface area contributed by atoms with Crippen molar-refractivity contribution >= 4 is 0 Å². The number of ether oxygens (including phenoxy) is 1. The highest BCUT2D eigenvalue weighted by Gasteiger charge is 2.31. The summed E-state index contributed by atoms with van der Waals surface area (Å²) in [4.78, 5) is 0. The second-order valence-electron chi connectivity index (χ2n) is 6.53. The Hall–Kier alpha value is -1.23. The molecule has 0 unspecified atom stereocenters. The fourth-order valence-corrected chi connectivity index (χ4v) is 2.06. The van der Waals surface area contributed by atoms with Gasteiger partial charge in [0.05, 0.1) is 0 Å². The minimum atomic E-state index is -4.67. The maximum Gasteiger partial charge on any atom is 0.573 e. The highest BCUT2D eigenvalue weighted by molar-refractivity contribution is 5.38. The van der Waals surface area contributed by atoms with E-state index in [4.69, 9.17) is 5.73 Å². The Kier molecular flexibility index (Phi) is 5.68. The van der Waals surface area contributed by atoms with Crippen LogP contribution in [0.2, 0.25) is 0 Å². The summed E-state index contributed by atoms with van der Waals surface area (Å²) in [6, 6.07) is 4.97. The molecule has 0 heterocycles. The van der Waals surface area contributed by atoms with E-state index in [-0.39, 0.29) is 17.2 Å². The molecule has 0 aromatic heterocycles. The van der Waals surface area contributed by atoms with Gasteiger partial charge >= 0.3 is 6.36 Å². The molecule has 0 saturated carbocycles. The van der Waals surface area contributed by atoms with Gasteiger partial charge in [0, 0.05) is 6.04 Å². The van der Waals surface area contributed by atoms with Gasteiger partial charge in [-0.15, -0.1) is 13.2 Å². The van der Waals surface area contributed by atoms with Gasteiger partial charge in [0.25, 0.3) is 0 Å². The van der Waals surface area contributed by atoms with Crippen molar-refractivity contribution in [3.05, 3.63) is 29.3 Å². The third-order valence-electron chi connectivity index (χ3n) is 3.19. The fourth-order valence-electron chi connectivity index (χ4n) is 2.06. The maximum atomic E-state index is 12.4. The standard InChI is InChI=1S/C16H24F3NO/c1-11(20)6-5-7-12-8-13(15(2,3)4)10-14(9-12)21-16(17,18)19/h8-11H,5-7,20H2,1-4H3/t11-/m0/s1. The third kappa shape index (κ3) is 6.85. The topological polar surface area (TPSA) is 35.2 Å². The minimum absolute atomic E-state index is 0.0988. The quantitative estimate of drug-likeness (QED) is 0.866. The summed E-state index contributed by atoms with van der Waals surface area (Å²) in [6.07, 6.45) is -2.29. The molecule has 2 N–H and O–H groups in total. The van der Waals surface area contributed by atoms with Crippen molar-refractivity contribution in [2.75, 3.05) is 0 Å². The molecule has 0 aliphatic rings. The number of rotatable bonds is 5. The van der Waals surface area contributed by atoms with Crippen LogP contribution < -0.4 is 10.5 Å². The molecule has 1 rings (SSSR count). The first-order valence-corrected chi connectivity index (χ1v) is 7.13. The number of hydrogen-bond donors (Lipinski definition) is 1. The van der Waals surface area contributed by atoms with Crippen LogP contribution in [0.25, 0.3) is 0 Å². The summed E-state index contributed by atoms with van der Waals surface area (Å²) in [5, 5.41) is 0. The molecule has 21 heavy (non-hydrogen) atoms. The molecule has 0 saturated heterocycles. The maximum absolute atomic E-state index is 12.4. The van der Waals surface area contributed by atoms with Crippen molar-refractivity contribution in [2.45, 2.75) is 64.8 Å². The average Bonchev–Trinajstić information content (AvgIpc) is 2.24. The summed E-state index contributed by atoms with van der Waals surface area (Å²) in [5.41, 5.74) is 7.14. The number of alkyl halides is 3. The average molecular weight is 303 g/mol. The van der Waals surface area contributed by atoms with Crippen LogP contribution in [0, 0.1) is 0 Å². The van der Waals surface area contributed by atoms with Gasteiger partial charge in [-0.05, 0) is 54.9 Å². The van der Waals surface area contributed by atoms with E-state index in [1.807, 2.05) is 33.8 Å². The van der Waals surface area contributed by atoms with Crippen LogP contribution in [0.15, 0.2) is 18.2 Å². The second kappa shape index (κ2) is 6.69. The van der Waals surface area contributed by atoms with E-state index in [2.05, 4.69) is 4.74 Å². The predicted molar refractivity (Wildman–Crippen MR) is 78.4 cm³/mol. The van der Waals surface area contributed by atoms with Gasteiger partial charge in [-0.3, -0.25) is 0 Å². The molecule has 0 spiro atoms. The lowest BCUT2D eigenvalue weighted by Crippen LogP contribution is -2.19. The van der Waals surface area contributed by atoms with E-state index in [0.717, 1.165) is 24.0 Å². The van der Waals surface area contributed by atoms with Crippen LogP contribution in [0.4, 0.5) is 13.2 Å². The zero-order valence-electron chi connectivity index (χ0n) is 13.1. The van der Waals surface area contributed by atoms with E-state index in [1.54, 1.807) is 0 Å². The first-order chi connectivity index (χ1) is 9.47. The molecule has 1 aromatic rings. The SMILES string of the molecule is C[C@H](N)CCCc1cc(OC(F)(F)F)cc(C(C)(C)C)c1. The molecule has 1 atom stereocenters. The van der Waals surface area contributed by atoms with Crippen molar-refractivity contribution in [3.63, 3.8) is 0 Å². The predicted octanol–water partition coefficient (Wildman–Crippen LogP) is 4.55. The Balaban J connectivity index is 2.98. The molecular formula is C16H24F3NO. The highest BCUT2D eigenvalue weighted by atomic mass is 19.4. The van der Waals surface area contributed by atoms with Crippen LogP contribution in [0.1, 0.15) is 51.7 Å². The summed E-state index contributed by atoms with van der Waals surface area (Å²) < 4.78 is 41.3. The fraction of sp³-hybridized carbons (Fsp3) is 0.625. The number of aryl methyl sites for hydroxylation is 1. The molecule has 0 amide bonds. The van der Waals surface area contributed by atoms with Crippen LogP contribution in [-0.2, 0) is 11.8 Å². The van der Waals surface area contributed by atoms with Crippen molar-refractivity contribution < 1.29 is 17.9 Å². The molecule has 0 aliphatic carbocycles. The van der Waals surface area contributed by atoms with Crippen LogP contribution in [0.3, 0.4) is 0 Å². The Morgan fingerprint density at radius 1 is 1.14 bits per heavy atom. The highest BCUT2D eigenvalue weighted by Crippen LogP contribution is 2.31.